The Labute approximate surface area is 153 Å². The van der Waals surface area contributed by atoms with Gasteiger partial charge in [0, 0.05) is 22.7 Å². The van der Waals surface area contributed by atoms with Crippen LogP contribution in [0.1, 0.15) is 41.7 Å². The van der Waals surface area contributed by atoms with E-state index in [9.17, 15) is 4.79 Å². The Bertz CT molecular complexity index is 727. The number of pyridine rings is 1. The van der Waals surface area contributed by atoms with Crippen LogP contribution in [0.3, 0.4) is 0 Å². The summed E-state index contributed by atoms with van der Waals surface area (Å²) >= 11 is 1.65. The largest absolute Gasteiger partial charge is 0.489 e. The standard InChI is InChI=1S/C20H24N2O2S/c1-14-19(7-4-12-21-14)24-17-10-8-16(9-11-17)22-20(23)15-5-3-6-18(13-15)25-2/h3-7,12-13,16-17H,8-11H2,1-2H3,(H,22,23). The van der Waals surface area contributed by atoms with Gasteiger partial charge in [-0.2, -0.15) is 0 Å². The van der Waals surface area contributed by atoms with E-state index >= 15 is 0 Å². The maximum atomic E-state index is 12.4. The molecule has 0 unspecified atom stereocenters. The van der Waals surface area contributed by atoms with Gasteiger partial charge in [0.1, 0.15) is 5.75 Å². The van der Waals surface area contributed by atoms with Crippen molar-refractivity contribution >= 4 is 17.7 Å². The van der Waals surface area contributed by atoms with Crippen LogP contribution < -0.4 is 10.1 Å². The van der Waals surface area contributed by atoms with Crippen LogP contribution in [0.4, 0.5) is 0 Å². The summed E-state index contributed by atoms with van der Waals surface area (Å²) in [7, 11) is 0. The highest BCUT2D eigenvalue weighted by atomic mass is 32.2. The first-order chi connectivity index (χ1) is 12.2. The van der Waals surface area contributed by atoms with Gasteiger partial charge in [0.05, 0.1) is 11.8 Å². The molecular weight excluding hydrogens is 332 g/mol. The fraction of sp³-hybridized carbons (Fsp3) is 0.400. The van der Waals surface area contributed by atoms with E-state index in [0.717, 1.165) is 47.6 Å². The van der Waals surface area contributed by atoms with Crippen LogP contribution in [0.5, 0.6) is 5.75 Å². The zero-order chi connectivity index (χ0) is 17.6. The first-order valence-corrected chi connectivity index (χ1v) is 9.91. The fourth-order valence-electron chi connectivity index (χ4n) is 3.13. The molecule has 1 fully saturated rings. The first-order valence-electron chi connectivity index (χ1n) is 8.69. The lowest BCUT2D eigenvalue weighted by atomic mass is 9.92. The number of rotatable bonds is 5. The third-order valence-electron chi connectivity index (χ3n) is 4.59. The number of hydrogen-bond donors (Lipinski definition) is 1. The van der Waals surface area contributed by atoms with Crippen molar-refractivity contribution in [3.63, 3.8) is 0 Å². The number of amides is 1. The van der Waals surface area contributed by atoms with Crippen molar-refractivity contribution in [1.29, 1.82) is 0 Å². The third-order valence-corrected chi connectivity index (χ3v) is 5.32. The maximum Gasteiger partial charge on any atom is 0.251 e. The van der Waals surface area contributed by atoms with E-state index in [1.165, 1.54) is 0 Å². The van der Waals surface area contributed by atoms with Crippen molar-refractivity contribution in [1.82, 2.24) is 10.3 Å². The highest BCUT2D eigenvalue weighted by Crippen LogP contribution is 2.25. The molecule has 0 spiro atoms. The third kappa shape index (κ3) is 4.75. The number of carbonyl (C=O) groups is 1. The Morgan fingerprint density at radius 2 is 2.00 bits per heavy atom. The molecule has 25 heavy (non-hydrogen) atoms. The number of nitrogens with zero attached hydrogens (tertiary/aromatic N) is 1. The summed E-state index contributed by atoms with van der Waals surface area (Å²) in [5.74, 6) is 0.882. The highest BCUT2D eigenvalue weighted by Gasteiger charge is 2.24. The van der Waals surface area contributed by atoms with E-state index < -0.39 is 0 Å². The van der Waals surface area contributed by atoms with Gasteiger partial charge in [-0.3, -0.25) is 9.78 Å². The molecule has 1 amide bonds. The number of aromatic nitrogens is 1. The summed E-state index contributed by atoms with van der Waals surface area (Å²) in [6.07, 6.45) is 7.78. The lowest BCUT2D eigenvalue weighted by Gasteiger charge is -2.29. The van der Waals surface area contributed by atoms with Gasteiger partial charge in [0.15, 0.2) is 0 Å². The average molecular weight is 356 g/mol. The number of nitrogens with one attached hydrogen (secondary N) is 1. The lowest BCUT2D eigenvalue weighted by Crippen LogP contribution is -2.39. The Hall–Kier alpha value is -2.01. The number of thioether (sulfide) groups is 1. The van der Waals surface area contributed by atoms with Gasteiger partial charge in [-0.1, -0.05) is 6.07 Å². The molecular formula is C20H24N2O2S. The van der Waals surface area contributed by atoms with Gasteiger partial charge in [-0.05, 0) is 69.2 Å². The molecule has 4 nitrogen and oxygen atoms in total. The summed E-state index contributed by atoms with van der Waals surface area (Å²) in [5, 5.41) is 3.17. The second kappa shape index (κ2) is 8.39. The summed E-state index contributed by atoms with van der Waals surface area (Å²) in [6, 6.07) is 11.9. The Kier molecular flexibility index (Phi) is 5.97. The minimum Gasteiger partial charge on any atom is -0.489 e. The minimum atomic E-state index is 0.0170. The summed E-state index contributed by atoms with van der Waals surface area (Å²) in [4.78, 5) is 17.8. The van der Waals surface area contributed by atoms with Crippen LogP contribution in [0.15, 0.2) is 47.5 Å². The number of carbonyl (C=O) groups excluding carboxylic acids is 1. The SMILES string of the molecule is CSc1cccc(C(=O)NC2CCC(Oc3cccnc3C)CC2)c1. The van der Waals surface area contributed by atoms with E-state index in [0.29, 0.717) is 0 Å². The van der Waals surface area contributed by atoms with E-state index in [1.807, 2.05) is 49.6 Å². The van der Waals surface area contributed by atoms with Crippen LogP contribution in [0.25, 0.3) is 0 Å². The topological polar surface area (TPSA) is 51.2 Å². The van der Waals surface area contributed by atoms with Crippen molar-refractivity contribution in [3.05, 3.63) is 53.9 Å². The number of aryl methyl sites for hydroxylation is 1. The van der Waals surface area contributed by atoms with E-state index in [1.54, 1.807) is 18.0 Å². The fourth-order valence-corrected chi connectivity index (χ4v) is 3.59. The number of hydrogen-bond acceptors (Lipinski definition) is 4. The van der Waals surface area contributed by atoms with Crippen molar-refractivity contribution in [2.75, 3.05) is 6.26 Å². The molecule has 5 heteroatoms. The highest BCUT2D eigenvalue weighted by molar-refractivity contribution is 7.98. The molecule has 1 N–H and O–H groups in total. The van der Waals surface area contributed by atoms with Crippen molar-refractivity contribution < 1.29 is 9.53 Å². The molecule has 0 saturated heterocycles. The summed E-state index contributed by atoms with van der Waals surface area (Å²) < 4.78 is 6.08. The van der Waals surface area contributed by atoms with Crippen molar-refractivity contribution in [2.45, 2.75) is 49.6 Å². The molecule has 3 rings (SSSR count). The zero-order valence-corrected chi connectivity index (χ0v) is 15.5. The monoisotopic (exact) mass is 356 g/mol. The quantitative estimate of drug-likeness (QED) is 0.815. The molecule has 0 aliphatic heterocycles. The lowest BCUT2D eigenvalue weighted by molar-refractivity contribution is 0.0893. The normalized spacial score (nSPS) is 20.1. The molecule has 1 aliphatic carbocycles. The summed E-state index contributed by atoms with van der Waals surface area (Å²) in [6.45, 7) is 1.96. The molecule has 0 atom stereocenters. The second-order valence-corrected chi connectivity index (χ2v) is 7.26. The molecule has 1 aromatic heterocycles. The van der Waals surface area contributed by atoms with Crippen LogP contribution >= 0.6 is 11.8 Å². The van der Waals surface area contributed by atoms with Crippen molar-refractivity contribution in [3.8, 4) is 5.75 Å². The molecule has 1 saturated carbocycles. The van der Waals surface area contributed by atoms with Gasteiger partial charge < -0.3 is 10.1 Å². The molecule has 1 aliphatic rings. The summed E-state index contributed by atoms with van der Waals surface area (Å²) in [5.41, 5.74) is 1.66. The molecule has 132 valence electrons. The van der Waals surface area contributed by atoms with Crippen molar-refractivity contribution in [2.24, 2.45) is 0 Å². The Morgan fingerprint density at radius 1 is 1.20 bits per heavy atom. The van der Waals surface area contributed by atoms with E-state index in [-0.39, 0.29) is 18.1 Å². The number of benzene rings is 1. The maximum absolute atomic E-state index is 12.4. The van der Waals surface area contributed by atoms with Crippen LogP contribution in [0.2, 0.25) is 0 Å². The molecule has 2 aromatic rings. The van der Waals surface area contributed by atoms with Crippen LogP contribution in [0, 0.1) is 6.92 Å². The van der Waals surface area contributed by atoms with E-state index in [2.05, 4.69) is 10.3 Å². The zero-order valence-electron chi connectivity index (χ0n) is 14.7. The second-order valence-electron chi connectivity index (χ2n) is 6.38. The van der Waals surface area contributed by atoms with Gasteiger partial charge in [0.25, 0.3) is 5.91 Å². The van der Waals surface area contributed by atoms with Gasteiger partial charge in [-0.15, -0.1) is 11.8 Å². The number of ether oxygens (including phenoxy) is 1. The smallest absolute Gasteiger partial charge is 0.251 e. The Balaban J connectivity index is 1.50. The van der Waals surface area contributed by atoms with Crippen LogP contribution in [-0.2, 0) is 0 Å². The predicted octanol–water partition coefficient (Wildman–Crippen LogP) is 4.23. The van der Waals surface area contributed by atoms with Crippen LogP contribution in [-0.4, -0.2) is 29.3 Å². The molecule has 1 aromatic carbocycles. The van der Waals surface area contributed by atoms with Gasteiger partial charge >= 0.3 is 0 Å². The first kappa shape index (κ1) is 17.8. The average Bonchev–Trinajstić information content (AvgIpc) is 2.65. The van der Waals surface area contributed by atoms with Gasteiger partial charge in [0.2, 0.25) is 0 Å². The molecule has 0 radical (unpaired) electrons. The minimum absolute atomic E-state index is 0.0170. The van der Waals surface area contributed by atoms with E-state index in [4.69, 9.17) is 4.74 Å². The molecule has 1 heterocycles. The Morgan fingerprint density at radius 3 is 2.72 bits per heavy atom. The van der Waals surface area contributed by atoms with Gasteiger partial charge in [-0.25, -0.2) is 0 Å². The molecule has 0 bridgehead atoms. The predicted molar refractivity (Wildman–Crippen MR) is 101 cm³/mol.